The van der Waals surface area contributed by atoms with Gasteiger partial charge in [-0.3, -0.25) is 4.79 Å². The van der Waals surface area contributed by atoms with Crippen LogP contribution in [0.2, 0.25) is 0 Å². The lowest BCUT2D eigenvalue weighted by molar-refractivity contribution is -0.136. The van der Waals surface area contributed by atoms with E-state index in [1.165, 1.54) is 23.5 Å². The number of hydrogen-bond donors (Lipinski definition) is 2. The zero-order valence-electron chi connectivity index (χ0n) is 13.9. The number of nitrogens with zero attached hydrogens (tertiary/aromatic N) is 2. The summed E-state index contributed by atoms with van der Waals surface area (Å²) in [6, 6.07) is 13.8. The van der Waals surface area contributed by atoms with Crippen molar-refractivity contribution in [3.63, 3.8) is 0 Å². The van der Waals surface area contributed by atoms with Gasteiger partial charge in [0.25, 0.3) is 10.0 Å². The lowest BCUT2D eigenvalue weighted by Gasteiger charge is -2.04. The number of carboxylic acid groups (broad SMARTS) is 1. The zero-order chi connectivity index (χ0) is 18.7. The molecule has 1 aromatic heterocycles. The van der Waals surface area contributed by atoms with E-state index < -0.39 is 16.0 Å². The third-order valence-corrected chi connectivity index (χ3v) is 6.17. The maximum absolute atomic E-state index is 12.4. The number of benzene rings is 2. The van der Waals surface area contributed by atoms with Crippen LogP contribution in [0.1, 0.15) is 12.0 Å². The first-order valence-electron chi connectivity index (χ1n) is 7.78. The Morgan fingerprint density at radius 1 is 1.19 bits per heavy atom. The fourth-order valence-electron chi connectivity index (χ4n) is 2.43. The molecular formula is C17H17N3O4S2. The molecule has 0 spiro atoms. The van der Waals surface area contributed by atoms with Crippen molar-refractivity contribution in [1.82, 2.24) is 9.40 Å². The average molecular weight is 391 g/mol. The summed E-state index contributed by atoms with van der Waals surface area (Å²) < 4.78 is 27.6. The number of fused-ring (bicyclic) bond motifs is 1. The number of hydrogen-bond acceptors (Lipinski definition) is 5. The van der Waals surface area contributed by atoms with Crippen molar-refractivity contribution in [2.75, 3.05) is 0 Å². The Balaban J connectivity index is 1.82. The van der Waals surface area contributed by atoms with Gasteiger partial charge >= 0.3 is 5.97 Å². The van der Waals surface area contributed by atoms with E-state index in [-0.39, 0.29) is 11.3 Å². The summed E-state index contributed by atoms with van der Waals surface area (Å²) in [6.07, 6.45) is 0.354. The predicted molar refractivity (Wildman–Crippen MR) is 99.1 cm³/mol. The minimum absolute atomic E-state index is 0.00210. The second-order valence-electron chi connectivity index (χ2n) is 5.66. The molecule has 0 fully saturated rings. The SMILES string of the molecule is Cn1c(=NNS(=O)(=O)c2ccc(CCC(=O)O)cc2)sc2ccccc21. The smallest absolute Gasteiger partial charge is 0.303 e. The molecule has 0 aliphatic rings. The first kappa shape index (κ1) is 18.2. The lowest BCUT2D eigenvalue weighted by atomic mass is 10.1. The molecule has 2 aromatic carbocycles. The van der Waals surface area contributed by atoms with Gasteiger partial charge in [-0.15, -0.1) is 5.10 Å². The highest BCUT2D eigenvalue weighted by Gasteiger charge is 2.13. The van der Waals surface area contributed by atoms with Gasteiger partial charge in [0.2, 0.25) is 4.80 Å². The van der Waals surface area contributed by atoms with Gasteiger partial charge in [0.15, 0.2) is 0 Å². The van der Waals surface area contributed by atoms with Crippen LogP contribution in [0.5, 0.6) is 0 Å². The molecule has 0 atom stereocenters. The topological polar surface area (TPSA) is 101 Å². The van der Waals surface area contributed by atoms with Gasteiger partial charge < -0.3 is 9.67 Å². The minimum Gasteiger partial charge on any atom is -0.481 e. The van der Waals surface area contributed by atoms with Gasteiger partial charge in [-0.1, -0.05) is 35.6 Å². The number of sulfonamides is 1. The highest BCUT2D eigenvalue weighted by atomic mass is 32.2. The molecule has 0 aliphatic heterocycles. The van der Waals surface area contributed by atoms with Gasteiger partial charge in [-0.2, -0.15) is 13.2 Å². The van der Waals surface area contributed by atoms with Crippen molar-refractivity contribution >= 4 is 37.5 Å². The molecule has 136 valence electrons. The van der Waals surface area contributed by atoms with Gasteiger partial charge in [0.05, 0.1) is 15.1 Å². The van der Waals surface area contributed by atoms with Crippen molar-refractivity contribution in [2.24, 2.45) is 12.1 Å². The van der Waals surface area contributed by atoms with Gasteiger partial charge in [0.1, 0.15) is 0 Å². The molecule has 0 bridgehead atoms. The van der Waals surface area contributed by atoms with Crippen LogP contribution in [0.25, 0.3) is 10.2 Å². The summed E-state index contributed by atoms with van der Waals surface area (Å²) in [7, 11) is -1.98. The molecule has 0 unspecified atom stereocenters. The van der Waals surface area contributed by atoms with Crippen LogP contribution in [0, 0.1) is 0 Å². The van der Waals surface area contributed by atoms with Crippen molar-refractivity contribution < 1.29 is 18.3 Å². The fraction of sp³-hybridized carbons (Fsp3) is 0.176. The molecule has 0 radical (unpaired) electrons. The zero-order valence-corrected chi connectivity index (χ0v) is 15.5. The lowest BCUT2D eigenvalue weighted by Crippen LogP contribution is -2.23. The van der Waals surface area contributed by atoms with Crippen molar-refractivity contribution in [3.05, 3.63) is 58.9 Å². The van der Waals surface area contributed by atoms with E-state index >= 15 is 0 Å². The quantitative estimate of drug-likeness (QED) is 0.628. The highest BCUT2D eigenvalue weighted by Crippen LogP contribution is 2.15. The average Bonchev–Trinajstić information content (AvgIpc) is 2.95. The number of rotatable bonds is 6. The molecule has 26 heavy (non-hydrogen) atoms. The first-order valence-corrected chi connectivity index (χ1v) is 10.1. The van der Waals surface area contributed by atoms with Gasteiger partial charge in [-0.25, -0.2) is 0 Å². The molecule has 3 rings (SSSR count). The molecule has 7 nitrogen and oxygen atoms in total. The molecule has 3 aromatic rings. The summed E-state index contributed by atoms with van der Waals surface area (Å²) in [6.45, 7) is 0. The summed E-state index contributed by atoms with van der Waals surface area (Å²) in [4.78, 5) is 13.5. The molecule has 0 saturated carbocycles. The second-order valence-corrected chi connectivity index (χ2v) is 8.33. The van der Waals surface area contributed by atoms with Crippen LogP contribution < -0.4 is 9.63 Å². The van der Waals surface area contributed by atoms with E-state index in [1.54, 1.807) is 12.1 Å². The summed E-state index contributed by atoms with van der Waals surface area (Å²) in [5, 5.41) is 12.7. The molecule has 1 heterocycles. The Labute approximate surface area is 154 Å². The van der Waals surface area contributed by atoms with Crippen molar-refractivity contribution in [2.45, 2.75) is 17.7 Å². The molecule has 0 amide bonds. The number of aliphatic carboxylic acids is 1. The Morgan fingerprint density at radius 3 is 2.54 bits per heavy atom. The van der Waals surface area contributed by atoms with Crippen molar-refractivity contribution in [1.29, 1.82) is 0 Å². The largest absolute Gasteiger partial charge is 0.481 e. The molecule has 0 aliphatic carbocycles. The van der Waals surface area contributed by atoms with Gasteiger partial charge in [0, 0.05) is 13.5 Å². The van der Waals surface area contributed by atoms with Crippen LogP contribution in [-0.2, 0) is 28.3 Å². The van der Waals surface area contributed by atoms with E-state index in [2.05, 4.69) is 9.93 Å². The number of nitrogens with one attached hydrogen (secondary N) is 1. The predicted octanol–water partition coefficient (Wildman–Crippen LogP) is 2.05. The monoisotopic (exact) mass is 391 g/mol. The van der Waals surface area contributed by atoms with Crippen molar-refractivity contribution in [3.8, 4) is 0 Å². The van der Waals surface area contributed by atoms with E-state index in [0.29, 0.717) is 11.2 Å². The van der Waals surface area contributed by atoms with Crippen LogP contribution in [0.4, 0.5) is 0 Å². The third kappa shape index (κ3) is 3.94. The standard InChI is InChI=1S/C17H17N3O4S2/c1-20-14-4-2-3-5-15(14)25-17(20)18-19-26(23,24)13-9-6-12(7-10-13)8-11-16(21)22/h2-7,9-10,19H,8,11H2,1H3,(H,21,22). The van der Waals surface area contributed by atoms with Gasteiger partial charge in [-0.05, 0) is 36.2 Å². The van der Waals surface area contributed by atoms with E-state index in [4.69, 9.17) is 5.11 Å². The summed E-state index contributed by atoms with van der Waals surface area (Å²) in [5.41, 5.74) is 1.73. The fourth-order valence-corrected chi connectivity index (χ4v) is 4.27. The highest BCUT2D eigenvalue weighted by molar-refractivity contribution is 7.89. The van der Waals surface area contributed by atoms with E-state index in [1.807, 2.05) is 35.9 Å². The summed E-state index contributed by atoms with van der Waals surface area (Å²) >= 11 is 1.39. The van der Waals surface area contributed by atoms with E-state index in [0.717, 1.165) is 15.8 Å². The second kappa shape index (κ2) is 7.30. The number of aryl methyl sites for hydroxylation is 2. The molecular weight excluding hydrogens is 374 g/mol. The number of para-hydroxylation sites is 1. The minimum atomic E-state index is -3.80. The molecule has 9 heteroatoms. The first-order chi connectivity index (χ1) is 12.4. The Hall–Kier alpha value is -2.65. The molecule has 2 N–H and O–H groups in total. The maximum Gasteiger partial charge on any atom is 0.303 e. The normalized spacial score (nSPS) is 12.4. The number of aromatic nitrogens is 1. The Morgan fingerprint density at radius 2 is 1.88 bits per heavy atom. The number of carboxylic acids is 1. The summed E-state index contributed by atoms with van der Waals surface area (Å²) in [5.74, 6) is -0.890. The Bertz CT molecular complexity index is 1110. The van der Waals surface area contributed by atoms with Crippen LogP contribution in [0.15, 0.2) is 58.5 Å². The molecule has 0 saturated heterocycles. The van der Waals surface area contributed by atoms with E-state index in [9.17, 15) is 13.2 Å². The third-order valence-electron chi connectivity index (χ3n) is 3.84. The van der Waals surface area contributed by atoms with Crippen LogP contribution in [-0.4, -0.2) is 24.1 Å². The van der Waals surface area contributed by atoms with Crippen LogP contribution >= 0.6 is 11.3 Å². The Kier molecular flexibility index (Phi) is 5.10. The maximum atomic E-state index is 12.4. The number of carbonyl (C=O) groups is 1. The van der Waals surface area contributed by atoms with Crippen LogP contribution in [0.3, 0.4) is 0 Å². The number of thiazole rings is 1.